The number of alkyl halides is 1. The van der Waals surface area contributed by atoms with Gasteiger partial charge in [0.2, 0.25) is 5.91 Å². The van der Waals surface area contributed by atoms with Gasteiger partial charge in [-0.1, -0.05) is 15.9 Å². The van der Waals surface area contributed by atoms with E-state index in [1.54, 1.807) is 14.0 Å². The number of anilines is 1. The Balaban J connectivity index is 1.53. The molecule has 0 aliphatic heterocycles. The Kier molecular flexibility index (Phi) is 4.65. The van der Waals surface area contributed by atoms with Gasteiger partial charge < -0.3 is 19.8 Å². The number of H-pyrrole nitrogens is 1. The molecular weight excluding hydrogens is 448 g/mol. The van der Waals surface area contributed by atoms with E-state index >= 15 is 0 Å². The Bertz CT molecular complexity index is 1020. The van der Waals surface area contributed by atoms with Gasteiger partial charge in [0.1, 0.15) is 11.4 Å². The zero-order valence-electron chi connectivity index (χ0n) is 17.3. The number of amides is 1. The lowest BCUT2D eigenvalue weighted by atomic mass is 9.49. The fraction of sp³-hybridized carbons (Fsp3) is 0.565. The van der Waals surface area contributed by atoms with Gasteiger partial charge in [-0.3, -0.25) is 4.79 Å². The molecule has 4 aliphatic rings. The molecule has 7 heteroatoms. The quantitative estimate of drug-likeness (QED) is 0.470. The van der Waals surface area contributed by atoms with Crippen molar-refractivity contribution >= 4 is 44.4 Å². The summed E-state index contributed by atoms with van der Waals surface area (Å²) in [6.07, 6.45) is 6.29. The van der Waals surface area contributed by atoms with Crippen molar-refractivity contribution in [1.82, 2.24) is 4.98 Å². The number of ether oxygens (including phenoxy) is 2. The zero-order valence-corrected chi connectivity index (χ0v) is 18.9. The average Bonchev–Trinajstić information content (AvgIpc) is 3.04. The fourth-order valence-corrected chi connectivity index (χ4v) is 7.90. The summed E-state index contributed by atoms with van der Waals surface area (Å²) in [4.78, 5) is 29.5. The van der Waals surface area contributed by atoms with Gasteiger partial charge >= 0.3 is 5.97 Å². The second-order valence-electron chi connectivity index (χ2n) is 9.35. The molecular formula is C23H27BrN2O4. The van der Waals surface area contributed by atoms with Crippen LogP contribution in [0.3, 0.4) is 0 Å². The van der Waals surface area contributed by atoms with Crippen LogP contribution in [0.1, 0.15) is 55.9 Å². The van der Waals surface area contributed by atoms with Crippen LogP contribution in [0.25, 0.3) is 10.9 Å². The zero-order chi connectivity index (χ0) is 21.1. The van der Waals surface area contributed by atoms with Gasteiger partial charge in [-0.15, -0.1) is 0 Å². The summed E-state index contributed by atoms with van der Waals surface area (Å²) in [5.74, 6) is 1.43. The molecule has 0 spiro atoms. The van der Waals surface area contributed by atoms with Crippen molar-refractivity contribution in [1.29, 1.82) is 0 Å². The highest BCUT2D eigenvalue weighted by Crippen LogP contribution is 2.64. The van der Waals surface area contributed by atoms with Crippen LogP contribution in [-0.2, 0) is 9.53 Å². The third kappa shape index (κ3) is 3.13. The highest BCUT2D eigenvalue weighted by Gasteiger charge is 2.59. The summed E-state index contributed by atoms with van der Waals surface area (Å²) in [5, 5.41) is 3.90. The monoisotopic (exact) mass is 474 g/mol. The summed E-state index contributed by atoms with van der Waals surface area (Å²) in [6.45, 7) is 2.04. The van der Waals surface area contributed by atoms with Crippen molar-refractivity contribution in [2.75, 3.05) is 19.0 Å². The Labute approximate surface area is 184 Å². The molecule has 160 valence electrons. The second-order valence-corrected chi connectivity index (χ2v) is 11.0. The van der Waals surface area contributed by atoms with Gasteiger partial charge in [0, 0.05) is 15.2 Å². The van der Waals surface area contributed by atoms with E-state index in [0.717, 1.165) is 43.0 Å². The Morgan fingerprint density at radius 2 is 1.97 bits per heavy atom. The van der Waals surface area contributed by atoms with Crippen molar-refractivity contribution in [2.45, 2.75) is 49.8 Å². The molecule has 1 heterocycles. The molecule has 4 fully saturated rings. The summed E-state index contributed by atoms with van der Waals surface area (Å²) in [6, 6.07) is 5.52. The third-order valence-corrected chi connectivity index (χ3v) is 8.12. The summed E-state index contributed by atoms with van der Waals surface area (Å²) in [7, 11) is 1.60. The average molecular weight is 475 g/mol. The normalized spacial score (nSPS) is 31.7. The molecule has 1 aromatic carbocycles. The van der Waals surface area contributed by atoms with Crippen LogP contribution in [0, 0.1) is 17.3 Å². The van der Waals surface area contributed by atoms with E-state index in [0.29, 0.717) is 23.3 Å². The van der Waals surface area contributed by atoms with E-state index in [4.69, 9.17) is 9.47 Å². The minimum Gasteiger partial charge on any atom is -0.497 e. The maximum absolute atomic E-state index is 13.7. The second kappa shape index (κ2) is 7.01. The van der Waals surface area contributed by atoms with Crippen molar-refractivity contribution in [3.8, 4) is 5.75 Å². The molecule has 4 bridgehead atoms. The van der Waals surface area contributed by atoms with Gasteiger partial charge in [-0.2, -0.15) is 0 Å². The van der Waals surface area contributed by atoms with Crippen molar-refractivity contribution in [2.24, 2.45) is 17.3 Å². The number of methoxy groups -OCH3 is 1. The van der Waals surface area contributed by atoms with Crippen molar-refractivity contribution in [3.05, 3.63) is 23.9 Å². The van der Waals surface area contributed by atoms with Gasteiger partial charge in [-0.05, 0) is 75.5 Å². The molecule has 4 saturated carbocycles. The SMILES string of the molecule is CCOC(=O)c1[nH]c2ccc(OC)cc2c1NC(=O)C12C[C@@H]3C[C@@H](CC(Br)(C3)C1)C2. The third-order valence-electron chi connectivity index (χ3n) is 7.20. The van der Waals surface area contributed by atoms with E-state index in [-0.39, 0.29) is 27.9 Å². The molecule has 30 heavy (non-hydrogen) atoms. The standard InChI is InChI=1S/C23H27BrN2O4/c1-3-30-20(27)19-18(16-7-15(29-2)4-5-17(16)25-19)26-21(28)22-8-13-6-14(9-22)11-23(24,10-13)12-22/h4-5,7,13-14,25H,3,6,8-12H2,1-2H3,(H,26,28)/t13-,14+,22?,23?. The van der Waals surface area contributed by atoms with Crippen molar-refractivity contribution < 1.29 is 19.1 Å². The predicted octanol–water partition coefficient (Wildman–Crippen LogP) is 5.03. The minimum absolute atomic E-state index is 0.0229. The summed E-state index contributed by atoms with van der Waals surface area (Å²) < 4.78 is 10.7. The minimum atomic E-state index is -0.467. The Hall–Kier alpha value is -2.02. The lowest BCUT2D eigenvalue weighted by molar-refractivity contribution is -0.138. The number of rotatable bonds is 5. The largest absolute Gasteiger partial charge is 0.497 e. The molecule has 4 atom stereocenters. The lowest BCUT2D eigenvalue weighted by Crippen LogP contribution is -2.57. The number of esters is 1. The fourth-order valence-electron chi connectivity index (χ4n) is 6.45. The molecule has 1 amide bonds. The van der Waals surface area contributed by atoms with Gasteiger partial charge in [0.05, 0.1) is 24.8 Å². The van der Waals surface area contributed by atoms with Gasteiger partial charge in [0.25, 0.3) is 0 Å². The number of halogens is 1. The van der Waals surface area contributed by atoms with Crippen LogP contribution in [0.5, 0.6) is 5.75 Å². The number of hydrogen-bond donors (Lipinski definition) is 2. The highest BCUT2D eigenvalue weighted by atomic mass is 79.9. The number of fused-ring (bicyclic) bond motifs is 1. The first-order chi connectivity index (χ1) is 14.3. The lowest BCUT2D eigenvalue weighted by Gasteiger charge is -2.59. The molecule has 2 N–H and O–H groups in total. The number of carbonyl (C=O) groups is 2. The molecule has 2 aromatic rings. The predicted molar refractivity (Wildman–Crippen MR) is 118 cm³/mol. The molecule has 2 unspecified atom stereocenters. The van der Waals surface area contributed by atoms with Gasteiger partial charge in [0.15, 0.2) is 0 Å². The smallest absolute Gasteiger partial charge is 0.356 e. The Morgan fingerprint density at radius 1 is 1.23 bits per heavy atom. The maximum Gasteiger partial charge on any atom is 0.356 e. The highest BCUT2D eigenvalue weighted by molar-refractivity contribution is 9.10. The molecule has 0 radical (unpaired) electrons. The summed E-state index contributed by atoms with van der Waals surface area (Å²) >= 11 is 3.98. The number of aromatic nitrogens is 1. The van der Waals surface area contributed by atoms with Crippen LogP contribution >= 0.6 is 15.9 Å². The Morgan fingerprint density at radius 3 is 2.60 bits per heavy atom. The van der Waals surface area contributed by atoms with Crippen LogP contribution < -0.4 is 10.1 Å². The van der Waals surface area contributed by atoms with Gasteiger partial charge in [-0.25, -0.2) is 4.79 Å². The molecule has 0 saturated heterocycles. The van der Waals surface area contributed by atoms with E-state index in [2.05, 4.69) is 26.2 Å². The number of aromatic amines is 1. The van der Waals surface area contributed by atoms with E-state index < -0.39 is 5.97 Å². The molecule has 6 nitrogen and oxygen atoms in total. The van der Waals surface area contributed by atoms with E-state index in [1.807, 2.05) is 18.2 Å². The number of benzene rings is 1. The van der Waals surface area contributed by atoms with Crippen molar-refractivity contribution in [3.63, 3.8) is 0 Å². The number of nitrogens with one attached hydrogen (secondary N) is 2. The maximum atomic E-state index is 13.7. The topological polar surface area (TPSA) is 80.4 Å². The summed E-state index contributed by atoms with van der Waals surface area (Å²) in [5.41, 5.74) is 1.16. The van der Waals surface area contributed by atoms with Crippen LogP contribution in [0.4, 0.5) is 5.69 Å². The number of hydrogen-bond acceptors (Lipinski definition) is 4. The first-order valence-electron chi connectivity index (χ1n) is 10.7. The first kappa shape index (κ1) is 19.9. The number of carbonyl (C=O) groups excluding carboxylic acids is 2. The van der Waals surface area contributed by atoms with Crippen LogP contribution in [-0.4, -0.2) is 34.9 Å². The van der Waals surface area contributed by atoms with E-state index in [9.17, 15) is 9.59 Å². The first-order valence-corrected chi connectivity index (χ1v) is 11.5. The molecule has 4 aliphatic carbocycles. The van der Waals surface area contributed by atoms with Crippen LogP contribution in [0.15, 0.2) is 18.2 Å². The van der Waals surface area contributed by atoms with E-state index in [1.165, 1.54) is 6.42 Å². The molecule has 6 rings (SSSR count). The molecule has 1 aromatic heterocycles. The van der Waals surface area contributed by atoms with Crippen LogP contribution in [0.2, 0.25) is 0 Å².